The molecule has 0 bridgehead atoms. The van der Waals surface area contributed by atoms with E-state index in [2.05, 4.69) is 47.1 Å². The molecule has 1 aromatic carbocycles. The smallest absolute Gasteiger partial charge is 0.220 e. The summed E-state index contributed by atoms with van der Waals surface area (Å²) in [4.78, 5) is 13.5. The van der Waals surface area contributed by atoms with Gasteiger partial charge in [0.1, 0.15) is 0 Å². The minimum atomic E-state index is 0.188. The summed E-state index contributed by atoms with van der Waals surface area (Å²) in [7, 11) is 0. The molecule has 2 nitrogen and oxygen atoms in total. The zero-order chi connectivity index (χ0) is 14.5. The summed E-state index contributed by atoms with van der Waals surface area (Å²) in [5.41, 5.74) is 2.71. The van der Waals surface area contributed by atoms with Crippen LogP contribution in [0.5, 0.6) is 0 Å². The minimum absolute atomic E-state index is 0.188. The molecule has 110 valence electrons. The van der Waals surface area contributed by atoms with Crippen molar-refractivity contribution in [2.75, 3.05) is 0 Å². The molecule has 0 radical (unpaired) electrons. The van der Waals surface area contributed by atoms with E-state index >= 15 is 0 Å². The first kappa shape index (κ1) is 14.3. The Kier molecular flexibility index (Phi) is 4.71. The second-order valence-electron chi connectivity index (χ2n) is 5.64. The lowest BCUT2D eigenvalue weighted by molar-refractivity contribution is -0.122. The Hall–Kier alpha value is -1.61. The Bertz CT molecular complexity index is 591. The minimum Gasteiger partial charge on any atom is -0.349 e. The zero-order valence-electron chi connectivity index (χ0n) is 12.2. The van der Waals surface area contributed by atoms with E-state index in [4.69, 9.17) is 0 Å². The average Bonchev–Trinajstić information content (AvgIpc) is 3.01. The molecule has 0 unspecified atom stereocenters. The van der Waals surface area contributed by atoms with Gasteiger partial charge in [0.05, 0.1) is 6.04 Å². The molecule has 3 heteroatoms. The highest BCUT2D eigenvalue weighted by atomic mass is 32.1. The molecule has 1 heterocycles. The quantitative estimate of drug-likeness (QED) is 0.878. The van der Waals surface area contributed by atoms with Crippen molar-refractivity contribution in [1.29, 1.82) is 0 Å². The van der Waals surface area contributed by atoms with Crippen LogP contribution >= 0.6 is 11.3 Å². The molecule has 0 fully saturated rings. The third-order valence-corrected chi connectivity index (χ3v) is 5.05. The summed E-state index contributed by atoms with van der Waals surface area (Å²) in [5.74, 6) is 0.188. The van der Waals surface area contributed by atoms with E-state index in [1.54, 1.807) is 11.3 Å². The van der Waals surface area contributed by atoms with Gasteiger partial charge in [-0.25, -0.2) is 0 Å². The number of benzene rings is 1. The monoisotopic (exact) mass is 299 g/mol. The zero-order valence-corrected chi connectivity index (χ0v) is 13.0. The largest absolute Gasteiger partial charge is 0.349 e. The van der Waals surface area contributed by atoms with Crippen molar-refractivity contribution in [2.24, 2.45) is 0 Å². The highest BCUT2D eigenvalue weighted by Gasteiger charge is 2.20. The van der Waals surface area contributed by atoms with E-state index in [-0.39, 0.29) is 11.9 Å². The van der Waals surface area contributed by atoms with Crippen LogP contribution in [0.4, 0.5) is 0 Å². The highest BCUT2D eigenvalue weighted by molar-refractivity contribution is 7.09. The van der Waals surface area contributed by atoms with Crippen LogP contribution in [0.2, 0.25) is 0 Å². The molecule has 1 amide bonds. The number of hydrogen-bond donors (Lipinski definition) is 1. The first-order valence-corrected chi connectivity index (χ1v) is 8.60. The fourth-order valence-corrected chi connectivity index (χ4v) is 3.80. The Labute approximate surface area is 130 Å². The van der Waals surface area contributed by atoms with Gasteiger partial charge >= 0.3 is 0 Å². The number of thiophene rings is 1. The molecule has 1 aliphatic rings. The molecule has 0 spiro atoms. The maximum absolute atomic E-state index is 12.1. The molecule has 3 rings (SSSR count). The third-order valence-electron chi connectivity index (χ3n) is 4.11. The molecular weight excluding hydrogens is 278 g/mol. The molecule has 21 heavy (non-hydrogen) atoms. The fourth-order valence-electron chi connectivity index (χ4n) is 3.05. The van der Waals surface area contributed by atoms with Gasteiger partial charge in [0, 0.05) is 11.3 Å². The Balaban J connectivity index is 1.51. The first-order chi connectivity index (χ1) is 10.3. The molecule has 0 saturated carbocycles. The lowest BCUT2D eigenvalue weighted by Crippen LogP contribution is -2.30. The summed E-state index contributed by atoms with van der Waals surface area (Å²) in [6, 6.07) is 12.9. The van der Waals surface area contributed by atoms with Crippen molar-refractivity contribution in [3.05, 3.63) is 57.8 Å². The van der Waals surface area contributed by atoms with Crippen LogP contribution in [0.3, 0.4) is 0 Å². The third kappa shape index (κ3) is 3.73. The lowest BCUT2D eigenvalue weighted by Gasteiger charge is -2.26. The topological polar surface area (TPSA) is 29.1 Å². The number of fused-ring (bicyclic) bond motifs is 1. The van der Waals surface area contributed by atoms with Gasteiger partial charge < -0.3 is 5.32 Å². The second-order valence-corrected chi connectivity index (χ2v) is 6.68. The van der Waals surface area contributed by atoms with Gasteiger partial charge in [0.15, 0.2) is 0 Å². The Morgan fingerprint density at radius 1 is 1.24 bits per heavy atom. The van der Waals surface area contributed by atoms with Gasteiger partial charge in [0.2, 0.25) is 5.91 Å². The summed E-state index contributed by atoms with van der Waals surface area (Å²) in [5, 5.41) is 5.31. The molecule has 1 atom stereocenters. The number of aryl methyl sites for hydroxylation is 2. The van der Waals surface area contributed by atoms with Crippen LogP contribution in [0.1, 0.15) is 47.7 Å². The molecule has 1 aromatic heterocycles. The van der Waals surface area contributed by atoms with Crippen LogP contribution in [0.25, 0.3) is 0 Å². The van der Waals surface area contributed by atoms with E-state index in [1.165, 1.54) is 16.0 Å². The predicted octanol–water partition coefficient (Wildman–Crippen LogP) is 4.26. The Morgan fingerprint density at radius 3 is 3.00 bits per heavy atom. The fraction of sp³-hybridized carbons (Fsp3) is 0.389. The van der Waals surface area contributed by atoms with Crippen molar-refractivity contribution in [1.82, 2.24) is 5.32 Å². The average molecular weight is 299 g/mol. The second kappa shape index (κ2) is 6.90. The SMILES string of the molecule is O=C(CCCc1cccs1)N[C@@H]1CCCc2ccccc21. The number of amides is 1. The van der Waals surface area contributed by atoms with Gasteiger partial charge in [0.25, 0.3) is 0 Å². The number of carbonyl (C=O) groups is 1. The number of nitrogens with one attached hydrogen (secondary N) is 1. The Morgan fingerprint density at radius 2 is 2.14 bits per heavy atom. The van der Waals surface area contributed by atoms with Gasteiger partial charge in [-0.15, -0.1) is 11.3 Å². The van der Waals surface area contributed by atoms with E-state index in [0.717, 1.165) is 32.1 Å². The van der Waals surface area contributed by atoms with Crippen molar-refractivity contribution >= 4 is 17.2 Å². The summed E-state index contributed by atoms with van der Waals surface area (Å²) in [6.45, 7) is 0. The predicted molar refractivity (Wildman–Crippen MR) is 87.5 cm³/mol. The molecular formula is C18H21NOS. The molecule has 2 aromatic rings. The maximum Gasteiger partial charge on any atom is 0.220 e. The molecule has 1 aliphatic carbocycles. The normalized spacial score (nSPS) is 17.2. The number of rotatable bonds is 5. The van der Waals surface area contributed by atoms with E-state index < -0.39 is 0 Å². The van der Waals surface area contributed by atoms with Crippen molar-refractivity contribution in [2.45, 2.75) is 44.6 Å². The van der Waals surface area contributed by atoms with Gasteiger partial charge in [-0.05, 0) is 54.7 Å². The van der Waals surface area contributed by atoms with Crippen LogP contribution in [-0.4, -0.2) is 5.91 Å². The summed E-state index contributed by atoms with van der Waals surface area (Å²) >= 11 is 1.77. The number of hydrogen-bond acceptors (Lipinski definition) is 2. The summed E-state index contributed by atoms with van der Waals surface area (Å²) < 4.78 is 0. The van der Waals surface area contributed by atoms with Crippen molar-refractivity contribution in [3.8, 4) is 0 Å². The number of carbonyl (C=O) groups excluding carboxylic acids is 1. The van der Waals surface area contributed by atoms with Crippen LogP contribution in [0.15, 0.2) is 41.8 Å². The van der Waals surface area contributed by atoms with E-state index in [9.17, 15) is 4.79 Å². The van der Waals surface area contributed by atoms with Crippen LogP contribution in [-0.2, 0) is 17.6 Å². The van der Waals surface area contributed by atoms with Crippen LogP contribution in [0, 0.1) is 0 Å². The van der Waals surface area contributed by atoms with Gasteiger partial charge in [-0.3, -0.25) is 4.79 Å². The van der Waals surface area contributed by atoms with Gasteiger partial charge in [-0.1, -0.05) is 30.3 Å². The molecule has 1 N–H and O–H groups in total. The first-order valence-electron chi connectivity index (χ1n) is 7.72. The highest BCUT2D eigenvalue weighted by Crippen LogP contribution is 2.29. The van der Waals surface area contributed by atoms with Crippen LogP contribution < -0.4 is 5.32 Å². The summed E-state index contributed by atoms with van der Waals surface area (Å²) in [6.07, 6.45) is 5.93. The van der Waals surface area contributed by atoms with Crippen molar-refractivity contribution in [3.63, 3.8) is 0 Å². The molecule has 0 saturated heterocycles. The standard InChI is InChI=1S/C18H21NOS/c20-18(12-4-8-15-9-5-13-21-15)19-17-11-3-7-14-6-1-2-10-16(14)17/h1-2,5-6,9-10,13,17H,3-4,7-8,11-12H2,(H,19,20)/t17-/m1/s1. The molecule has 0 aliphatic heterocycles. The lowest BCUT2D eigenvalue weighted by atomic mass is 9.87. The van der Waals surface area contributed by atoms with E-state index in [1.807, 2.05) is 0 Å². The van der Waals surface area contributed by atoms with Gasteiger partial charge in [-0.2, -0.15) is 0 Å². The maximum atomic E-state index is 12.1. The van der Waals surface area contributed by atoms with Crippen molar-refractivity contribution < 1.29 is 4.79 Å². The van der Waals surface area contributed by atoms with E-state index in [0.29, 0.717) is 6.42 Å².